The van der Waals surface area contributed by atoms with Gasteiger partial charge in [0.1, 0.15) is 23.1 Å². The monoisotopic (exact) mass is 430 g/mol. The van der Waals surface area contributed by atoms with Crippen LogP contribution in [-0.4, -0.2) is 37.8 Å². The molecule has 0 radical (unpaired) electrons. The molecule has 2 atom stereocenters. The predicted molar refractivity (Wildman–Crippen MR) is 101 cm³/mol. The van der Waals surface area contributed by atoms with E-state index in [1.165, 1.54) is 7.11 Å². The maximum absolute atomic E-state index is 13.1. The van der Waals surface area contributed by atoms with Crippen molar-refractivity contribution >= 4 is 39.1 Å². The number of carbonyl (C=O) groups excluding carboxylic acids is 2. The van der Waals surface area contributed by atoms with Crippen LogP contribution < -0.4 is 14.4 Å². The number of nitrogens with zero attached hydrogens (tertiary/aromatic N) is 2. The summed E-state index contributed by atoms with van der Waals surface area (Å²) in [6.45, 7) is 0. The minimum Gasteiger partial charge on any atom is -0.497 e. The summed E-state index contributed by atoms with van der Waals surface area (Å²) >= 11 is 3.36. The smallest absolute Gasteiger partial charge is 0.278 e. The van der Waals surface area contributed by atoms with Gasteiger partial charge in [-0.25, -0.2) is 4.90 Å². The quantitative estimate of drug-likeness (QED) is 0.696. The minimum atomic E-state index is -0.974. The fourth-order valence-corrected chi connectivity index (χ4v) is 3.67. The van der Waals surface area contributed by atoms with E-state index in [1.807, 2.05) is 6.07 Å². The molecule has 0 bridgehead atoms. The molecule has 27 heavy (non-hydrogen) atoms. The van der Waals surface area contributed by atoms with Gasteiger partial charge in [-0.3, -0.25) is 9.59 Å². The van der Waals surface area contributed by atoms with Gasteiger partial charge in [-0.1, -0.05) is 27.2 Å². The van der Waals surface area contributed by atoms with Crippen molar-refractivity contribution in [2.24, 2.45) is 11.1 Å². The average molecular weight is 431 g/mol. The van der Waals surface area contributed by atoms with E-state index in [-0.39, 0.29) is 5.91 Å². The van der Waals surface area contributed by atoms with Gasteiger partial charge in [0, 0.05) is 16.1 Å². The Morgan fingerprint density at radius 2 is 1.89 bits per heavy atom. The van der Waals surface area contributed by atoms with E-state index >= 15 is 0 Å². The second-order valence-electron chi connectivity index (χ2n) is 6.04. The van der Waals surface area contributed by atoms with Crippen LogP contribution in [-0.2, 0) is 14.4 Å². The second kappa shape index (κ2) is 6.70. The third kappa shape index (κ3) is 2.76. The summed E-state index contributed by atoms with van der Waals surface area (Å²) in [4.78, 5) is 32.3. The van der Waals surface area contributed by atoms with Crippen molar-refractivity contribution in [3.63, 3.8) is 0 Å². The van der Waals surface area contributed by atoms with Crippen LogP contribution in [0.2, 0.25) is 0 Å². The first-order valence-corrected chi connectivity index (χ1v) is 8.94. The van der Waals surface area contributed by atoms with Gasteiger partial charge in [-0.05, 0) is 30.3 Å². The number of carbonyl (C=O) groups is 2. The molecule has 1 saturated heterocycles. The van der Waals surface area contributed by atoms with Gasteiger partial charge in [0.05, 0.1) is 19.9 Å². The molecule has 8 heteroatoms. The number of hydrogen-bond acceptors (Lipinski definition) is 6. The van der Waals surface area contributed by atoms with E-state index < -0.39 is 17.9 Å². The first-order valence-electron chi connectivity index (χ1n) is 8.14. The summed E-state index contributed by atoms with van der Waals surface area (Å²) in [6.07, 6.45) is -0.974. The largest absolute Gasteiger partial charge is 0.497 e. The summed E-state index contributed by atoms with van der Waals surface area (Å²) in [5, 5.41) is 4.02. The molecule has 2 heterocycles. The lowest BCUT2D eigenvalue weighted by Gasteiger charge is -2.16. The Kier molecular flexibility index (Phi) is 4.35. The molecule has 1 fully saturated rings. The number of anilines is 1. The van der Waals surface area contributed by atoms with Crippen molar-refractivity contribution in [2.45, 2.75) is 6.10 Å². The van der Waals surface area contributed by atoms with E-state index in [0.717, 1.165) is 9.37 Å². The van der Waals surface area contributed by atoms with E-state index in [2.05, 4.69) is 21.1 Å². The summed E-state index contributed by atoms with van der Waals surface area (Å²) in [5.74, 6) is -0.542. The highest BCUT2D eigenvalue weighted by molar-refractivity contribution is 9.10. The second-order valence-corrected chi connectivity index (χ2v) is 6.95. The van der Waals surface area contributed by atoms with Crippen molar-refractivity contribution in [1.82, 2.24) is 0 Å². The average Bonchev–Trinajstić information content (AvgIpc) is 3.21. The lowest BCUT2D eigenvalue weighted by atomic mass is 9.93. The van der Waals surface area contributed by atoms with Crippen LogP contribution in [0.15, 0.2) is 52.1 Å². The minimum absolute atomic E-state index is 0.371. The Labute approximate surface area is 163 Å². The van der Waals surface area contributed by atoms with Gasteiger partial charge in [0.15, 0.2) is 0 Å². The highest BCUT2D eigenvalue weighted by Crippen LogP contribution is 2.38. The fourth-order valence-electron chi connectivity index (χ4n) is 3.28. The Bertz CT molecular complexity index is 974. The molecule has 2 aliphatic rings. The Morgan fingerprint density at radius 3 is 2.59 bits per heavy atom. The van der Waals surface area contributed by atoms with Crippen LogP contribution in [0.3, 0.4) is 0 Å². The van der Waals surface area contributed by atoms with Crippen LogP contribution in [0.25, 0.3) is 0 Å². The molecule has 2 aliphatic heterocycles. The van der Waals surface area contributed by atoms with Crippen molar-refractivity contribution in [3.05, 3.63) is 52.5 Å². The molecule has 2 amide bonds. The SMILES string of the molecule is COc1ccc(C2=NO[C@@H]3C(=O)N(c4cccc(Br)c4)C(=O)[C@@H]23)c(OC)c1. The summed E-state index contributed by atoms with van der Waals surface area (Å²) in [5.41, 5.74) is 1.44. The number of imide groups is 1. The maximum atomic E-state index is 13.1. The van der Waals surface area contributed by atoms with Crippen LogP contribution in [0.4, 0.5) is 5.69 Å². The molecule has 7 nitrogen and oxygen atoms in total. The third-order valence-electron chi connectivity index (χ3n) is 4.56. The van der Waals surface area contributed by atoms with Gasteiger partial charge < -0.3 is 14.3 Å². The zero-order chi connectivity index (χ0) is 19.1. The summed E-state index contributed by atoms with van der Waals surface area (Å²) < 4.78 is 11.4. The first kappa shape index (κ1) is 17.5. The molecule has 0 unspecified atom stereocenters. The molecule has 0 N–H and O–H groups in total. The van der Waals surface area contributed by atoms with Crippen LogP contribution in [0, 0.1) is 5.92 Å². The number of rotatable bonds is 4. The van der Waals surface area contributed by atoms with Gasteiger partial charge in [-0.2, -0.15) is 0 Å². The number of hydrogen-bond donors (Lipinski definition) is 0. The Hall–Kier alpha value is -2.87. The Morgan fingerprint density at radius 1 is 1.07 bits per heavy atom. The van der Waals surface area contributed by atoms with Gasteiger partial charge >= 0.3 is 0 Å². The van der Waals surface area contributed by atoms with Crippen molar-refractivity contribution in [1.29, 1.82) is 0 Å². The fraction of sp³-hybridized carbons (Fsp3) is 0.211. The molecular weight excluding hydrogens is 416 g/mol. The van der Waals surface area contributed by atoms with Crippen LogP contribution in [0.1, 0.15) is 5.56 Å². The molecule has 4 rings (SSSR count). The van der Waals surface area contributed by atoms with Crippen molar-refractivity contribution < 1.29 is 23.9 Å². The third-order valence-corrected chi connectivity index (χ3v) is 5.06. The number of ether oxygens (including phenoxy) is 2. The van der Waals surface area contributed by atoms with E-state index in [4.69, 9.17) is 14.3 Å². The Balaban J connectivity index is 1.72. The van der Waals surface area contributed by atoms with E-state index in [9.17, 15) is 9.59 Å². The van der Waals surface area contributed by atoms with E-state index in [0.29, 0.717) is 28.5 Å². The molecule has 0 spiro atoms. The van der Waals surface area contributed by atoms with Crippen molar-refractivity contribution in [3.8, 4) is 11.5 Å². The standard InChI is InChI=1S/C19H15BrN2O5/c1-25-12-6-7-13(14(9-12)26-2)16-15-17(27-21-16)19(24)22(18(15)23)11-5-3-4-10(20)8-11/h3-9,15,17H,1-2H3/t15-,17-/m0/s1. The normalized spacial score (nSPS) is 21.0. The van der Waals surface area contributed by atoms with Crippen LogP contribution in [0.5, 0.6) is 11.5 Å². The first-order chi connectivity index (χ1) is 13.0. The topological polar surface area (TPSA) is 77.4 Å². The molecule has 2 aromatic rings. The maximum Gasteiger partial charge on any atom is 0.278 e. The van der Waals surface area contributed by atoms with Crippen LogP contribution >= 0.6 is 15.9 Å². The highest BCUT2D eigenvalue weighted by atomic mass is 79.9. The molecule has 0 saturated carbocycles. The molecule has 2 aromatic carbocycles. The number of oxime groups is 1. The summed E-state index contributed by atoms with van der Waals surface area (Å²) in [6, 6.07) is 12.2. The molecular formula is C19H15BrN2O5. The van der Waals surface area contributed by atoms with Gasteiger partial charge in [-0.15, -0.1) is 0 Å². The number of fused-ring (bicyclic) bond motifs is 1. The van der Waals surface area contributed by atoms with Gasteiger partial charge in [0.25, 0.3) is 5.91 Å². The lowest BCUT2D eigenvalue weighted by Crippen LogP contribution is -2.33. The highest BCUT2D eigenvalue weighted by Gasteiger charge is 2.56. The molecule has 0 aromatic heterocycles. The zero-order valence-electron chi connectivity index (χ0n) is 14.5. The molecule has 138 valence electrons. The van der Waals surface area contributed by atoms with Crippen molar-refractivity contribution in [2.75, 3.05) is 19.1 Å². The summed E-state index contributed by atoms with van der Waals surface area (Å²) in [7, 11) is 3.07. The van der Waals surface area contributed by atoms with Gasteiger partial charge in [0.2, 0.25) is 12.0 Å². The number of amides is 2. The molecule has 0 aliphatic carbocycles. The predicted octanol–water partition coefficient (Wildman–Crippen LogP) is 2.76. The number of methoxy groups -OCH3 is 2. The number of halogens is 1. The lowest BCUT2D eigenvalue weighted by molar-refractivity contribution is -0.126. The van der Waals surface area contributed by atoms with E-state index in [1.54, 1.807) is 43.5 Å². The zero-order valence-corrected chi connectivity index (χ0v) is 16.1. The number of benzene rings is 2.